The molecule has 0 aromatic heterocycles. The Labute approximate surface area is 375 Å². The Balaban J connectivity index is 1.89. The zero-order chi connectivity index (χ0) is 47.6. The minimum Gasteiger partial charge on any atom is -0.466 e. The number of aliphatic hydroxyl groups excluding tert-OH is 2. The third-order valence-corrected chi connectivity index (χ3v) is 12.4. The highest BCUT2D eigenvalue weighted by Gasteiger charge is 2.59. The van der Waals surface area contributed by atoms with E-state index in [1.165, 1.54) is 33.1 Å². The van der Waals surface area contributed by atoms with Crippen molar-refractivity contribution < 1.29 is 82.3 Å². The Morgan fingerprint density at radius 1 is 0.875 bits per heavy atom. The molecule has 0 aromatic carbocycles. The average molecular weight is 905 g/mol. The molecule has 0 radical (unpaired) electrons. The lowest BCUT2D eigenvalue weighted by molar-refractivity contribution is -0.348. The Bertz CT molecular complexity index is 1830. The number of fused-ring (bicyclic) bond motifs is 6. The van der Waals surface area contributed by atoms with Crippen LogP contribution in [0.15, 0.2) is 59.8 Å². The molecule has 0 aromatic rings. The van der Waals surface area contributed by atoms with Gasteiger partial charge in [0.2, 0.25) is 5.79 Å². The number of hydrogen-bond acceptors (Lipinski definition) is 17. The first-order valence-electron chi connectivity index (χ1n) is 21.9. The second-order valence-electron chi connectivity index (χ2n) is 18.3. The monoisotopic (exact) mass is 904 g/mol. The van der Waals surface area contributed by atoms with E-state index in [-0.39, 0.29) is 50.5 Å². The van der Waals surface area contributed by atoms with Gasteiger partial charge in [0.05, 0.1) is 62.7 Å². The second kappa shape index (κ2) is 22.3. The second-order valence-corrected chi connectivity index (χ2v) is 18.3. The van der Waals surface area contributed by atoms with E-state index < -0.39 is 114 Å². The van der Waals surface area contributed by atoms with E-state index in [4.69, 9.17) is 37.9 Å². The number of ether oxygens (including phenoxy) is 8. The van der Waals surface area contributed by atoms with Gasteiger partial charge in [-0.05, 0) is 38.2 Å². The molecule has 4 aliphatic rings. The standard InChI is InChI=1S/C47H68O17/c1-10-11-12-13-14-15-39(51)62-43-31(22-41(53)58-9)21-34-25-37(28(2)48)61-42(54)24-32(50)23-35-26-38(59-29(3)49)45(6,7)46(55,63-35)27-36-19-30(20-40(52)57-8)18-33(60-36)16-17-44(4,5)47(43,56)64-34/h12-17,20,22,28,32-38,43,48,50,55-56H,10-11,18-19,21,23-27H2,1-9H3/b13-12+,15-14+,17-16+,30-20+,31-22+/t28-,32-,33+,34+,35-,36+,37-,38-,43+,46?,47-/m1/s1. The molecule has 17 nitrogen and oxygen atoms in total. The van der Waals surface area contributed by atoms with Crippen LogP contribution in [0.2, 0.25) is 0 Å². The van der Waals surface area contributed by atoms with Crippen molar-refractivity contribution in [1.82, 2.24) is 0 Å². The number of methoxy groups -OCH3 is 2. The van der Waals surface area contributed by atoms with Crippen molar-refractivity contribution in [2.45, 2.75) is 179 Å². The van der Waals surface area contributed by atoms with Gasteiger partial charge in [-0.1, -0.05) is 77.0 Å². The van der Waals surface area contributed by atoms with Crippen molar-refractivity contribution in [1.29, 1.82) is 0 Å². The molecule has 4 aliphatic heterocycles. The van der Waals surface area contributed by atoms with Gasteiger partial charge in [-0.3, -0.25) is 9.59 Å². The van der Waals surface area contributed by atoms with Crippen molar-refractivity contribution in [2.24, 2.45) is 10.8 Å². The number of allylic oxidation sites excluding steroid dienone is 3. The molecule has 3 saturated heterocycles. The van der Waals surface area contributed by atoms with Crippen molar-refractivity contribution >= 4 is 29.8 Å². The third kappa shape index (κ3) is 13.4. The van der Waals surface area contributed by atoms with E-state index in [1.807, 2.05) is 13.0 Å². The number of cyclic esters (lactones) is 1. The van der Waals surface area contributed by atoms with Crippen molar-refractivity contribution in [3.8, 4) is 0 Å². The van der Waals surface area contributed by atoms with Crippen LogP contribution in [0.4, 0.5) is 0 Å². The Kier molecular flexibility index (Phi) is 18.3. The molecular weight excluding hydrogens is 836 g/mol. The molecule has 4 rings (SSSR count). The first-order chi connectivity index (χ1) is 29.9. The van der Waals surface area contributed by atoms with Crippen LogP contribution in [0.3, 0.4) is 0 Å². The smallest absolute Gasteiger partial charge is 0.331 e. The van der Waals surface area contributed by atoms with Gasteiger partial charge in [0.15, 0.2) is 11.9 Å². The summed E-state index contributed by atoms with van der Waals surface area (Å²) in [5.74, 6) is -8.31. The highest BCUT2D eigenvalue weighted by Crippen LogP contribution is 2.50. The van der Waals surface area contributed by atoms with Gasteiger partial charge in [-0.25, -0.2) is 14.4 Å². The lowest BCUT2D eigenvalue weighted by atomic mass is 9.70. The summed E-state index contributed by atoms with van der Waals surface area (Å²) in [5.41, 5.74) is -2.06. The number of carbonyl (C=O) groups is 5. The summed E-state index contributed by atoms with van der Waals surface area (Å²) in [6.45, 7) is 11.2. The number of carbonyl (C=O) groups excluding carboxylic acids is 5. The summed E-state index contributed by atoms with van der Waals surface area (Å²) in [6, 6.07) is 0. The fourth-order valence-corrected chi connectivity index (χ4v) is 8.57. The maximum Gasteiger partial charge on any atom is 0.331 e. The first-order valence-corrected chi connectivity index (χ1v) is 21.9. The van der Waals surface area contributed by atoms with Crippen molar-refractivity contribution in [3.05, 3.63) is 59.8 Å². The van der Waals surface area contributed by atoms with Gasteiger partial charge < -0.3 is 58.3 Å². The van der Waals surface area contributed by atoms with Crippen molar-refractivity contribution in [2.75, 3.05) is 14.2 Å². The molecule has 4 N–H and O–H groups in total. The molecular formula is C47H68O17. The van der Waals surface area contributed by atoms with Gasteiger partial charge >= 0.3 is 29.8 Å². The van der Waals surface area contributed by atoms with Gasteiger partial charge in [0.25, 0.3) is 0 Å². The number of aliphatic hydroxyl groups is 4. The van der Waals surface area contributed by atoms with Crippen LogP contribution in [0, 0.1) is 10.8 Å². The fourth-order valence-electron chi connectivity index (χ4n) is 8.57. The van der Waals surface area contributed by atoms with E-state index in [1.54, 1.807) is 45.9 Å². The molecule has 3 fully saturated rings. The van der Waals surface area contributed by atoms with E-state index >= 15 is 0 Å². The SMILES string of the molecule is CCC/C=C/C=C/C(=O)O[C@H]1/C(=C/C(=O)OC)C[C@H]2C[C@H]([C@@H](C)O)OC(=O)C[C@H](O)C[C@@H]3C[C@@H](OC(C)=O)C(C)(C)C(O)(C[C@@H]4C/C(=C/C(=O)OC)C[C@H](/C=C/C(C)(C)[C@]1(O)O2)O4)O3. The molecule has 0 aliphatic carbocycles. The summed E-state index contributed by atoms with van der Waals surface area (Å²) < 4.78 is 46.7. The zero-order valence-electron chi connectivity index (χ0n) is 38.5. The highest BCUT2D eigenvalue weighted by atomic mass is 16.7. The molecule has 0 spiro atoms. The van der Waals surface area contributed by atoms with Crippen LogP contribution in [0.25, 0.3) is 0 Å². The number of esters is 5. The van der Waals surface area contributed by atoms with Crippen LogP contribution >= 0.6 is 0 Å². The van der Waals surface area contributed by atoms with Crippen molar-refractivity contribution in [3.63, 3.8) is 0 Å². The fraction of sp³-hybridized carbons (Fsp3) is 0.681. The maximum absolute atomic E-state index is 13.4. The van der Waals surface area contributed by atoms with Crippen LogP contribution < -0.4 is 0 Å². The van der Waals surface area contributed by atoms with E-state index in [0.717, 1.165) is 32.1 Å². The lowest BCUT2D eigenvalue weighted by Gasteiger charge is -2.53. The van der Waals surface area contributed by atoms with Gasteiger partial charge in [0.1, 0.15) is 12.2 Å². The quantitative estimate of drug-likeness (QED) is 0.0830. The number of unbranched alkanes of at least 4 members (excludes halogenated alkanes) is 1. The summed E-state index contributed by atoms with van der Waals surface area (Å²) >= 11 is 0. The molecule has 1 unspecified atom stereocenters. The van der Waals surface area contributed by atoms with Gasteiger partial charge in [0, 0.05) is 56.3 Å². The van der Waals surface area contributed by atoms with Crippen LogP contribution in [-0.4, -0.2) is 131 Å². The summed E-state index contributed by atoms with van der Waals surface area (Å²) in [4.78, 5) is 64.7. The number of rotatable bonds is 9. The minimum atomic E-state index is -2.47. The third-order valence-electron chi connectivity index (χ3n) is 12.4. The zero-order valence-corrected chi connectivity index (χ0v) is 38.5. The normalized spacial score (nSPS) is 35.8. The molecule has 0 amide bonds. The lowest BCUT2D eigenvalue weighted by Crippen LogP contribution is -2.62. The van der Waals surface area contributed by atoms with E-state index in [2.05, 4.69) is 0 Å². The number of hydrogen-bond donors (Lipinski definition) is 4. The topological polar surface area (TPSA) is 240 Å². The largest absolute Gasteiger partial charge is 0.466 e. The molecule has 0 saturated carbocycles. The molecule has 6 bridgehead atoms. The highest BCUT2D eigenvalue weighted by molar-refractivity contribution is 5.85. The Morgan fingerprint density at radius 3 is 2.20 bits per heavy atom. The average Bonchev–Trinajstić information content (AvgIpc) is 3.19. The van der Waals surface area contributed by atoms with Crippen LogP contribution in [0.5, 0.6) is 0 Å². The molecule has 358 valence electrons. The predicted octanol–water partition coefficient (Wildman–Crippen LogP) is 4.28. The molecule has 4 heterocycles. The van der Waals surface area contributed by atoms with Gasteiger partial charge in [-0.2, -0.15) is 0 Å². The summed E-state index contributed by atoms with van der Waals surface area (Å²) in [6.07, 6.45) is 2.55. The molecule has 17 heteroatoms. The van der Waals surface area contributed by atoms with Crippen LogP contribution in [0.1, 0.15) is 113 Å². The molecule has 11 atom stereocenters. The molecule has 64 heavy (non-hydrogen) atoms. The van der Waals surface area contributed by atoms with E-state index in [9.17, 15) is 44.4 Å². The first kappa shape index (κ1) is 52.4. The maximum atomic E-state index is 13.4. The Morgan fingerprint density at radius 2 is 1.56 bits per heavy atom. The summed E-state index contributed by atoms with van der Waals surface area (Å²) in [7, 11) is 2.40. The minimum absolute atomic E-state index is 0.0721. The van der Waals surface area contributed by atoms with Crippen LogP contribution in [-0.2, 0) is 61.9 Å². The van der Waals surface area contributed by atoms with E-state index in [0.29, 0.717) is 5.57 Å². The summed E-state index contributed by atoms with van der Waals surface area (Å²) in [5, 5.41) is 47.5. The van der Waals surface area contributed by atoms with Gasteiger partial charge in [-0.15, -0.1) is 0 Å². The Hall–Kier alpha value is -4.23. The predicted molar refractivity (Wildman–Crippen MR) is 228 cm³/mol.